The van der Waals surface area contributed by atoms with Gasteiger partial charge in [-0.15, -0.1) is 10.2 Å². The number of benzene rings is 2. The van der Waals surface area contributed by atoms with Gasteiger partial charge in [0.25, 0.3) is 0 Å². The molecule has 0 aliphatic carbocycles. The Morgan fingerprint density at radius 3 is 2.39 bits per heavy atom. The molecule has 1 saturated heterocycles. The quantitative estimate of drug-likeness (QED) is 0.434. The molecule has 3 aromatic rings. The van der Waals surface area contributed by atoms with Crippen molar-refractivity contribution in [2.75, 3.05) is 29.1 Å². The second-order valence-corrected chi connectivity index (χ2v) is 9.13. The number of halogens is 2. The fourth-order valence-electron chi connectivity index (χ4n) is 3.46. The summed E-state index contributed by atoms with van der Waals surface area (Å²) in [6, 6.07) is 17.3. The Kier molecular flexibility index (Phi) is 7.33. The maximum Gasteiger partial charge on any atom is 0.234 e. The molecule has 1 fully saturated rings. The van der Waals surface area contributed by atoms with E-state index in [-0.39, 0.29) is 11.7 Å². The number of carbonyl (C=O) groups excluding carboxylic acids is 1. The largest absolute Gasteiger partial charge is 0.372 e. The van der Waals surface area contributed by atoms with Gasteiger partial charge < -0.3 is 10.2 Å². The van der Waals surface area contributed by atoms with Crippen LogP contribution in [0.3, 0.4) is 0 Å². The van der Waals surface area contributed by atoms with Crippen LogP contribution in [-0.4, -0.2) is 34.9 Å². The SMILES string of the molecule is O=C(CSc1ccc(-c2ccc(N3CCCCC3)cc2)nn1)Nc1ccc(Cl)c(Cl)c1. The van der Waals surface area contributed by atoms with E-state index < -0.39 is 0 Å². The number of piperidine rings is 1. The molecule has 0 atom stereocenters. The molecule has 8 heteroatoms. The van der Waals surface area contributed by atoms with Gasteiger partial charge in [-0.3, -0.25) is 4.79 Å². The lowest BCUT2D eigenvalue weighted by Gasteiger charge is -2.28. The van der Waals surface area contributed by atoms with Crippen molar-refractivity contribution in [3.8, 4) is 11.3 Å². The molecular formula is C23H22Cl2N4OS. The molecule has 1 N–H and O–H groups in total. The zero-order valence-electron chi connectivity index (χ0n) is 16.9. The Morgan fingerprint density at radius 1 is 0.935 bits per heavy atom. The van der Waals surface area contributed by atoms with Gasteiger partial charge in [0.15, 0.2) is 0 Å². The number of amides is 1. The first kappa shape index (κ1) is 21.9. The number of rotatable bonds is 6. The number of carbonyl (C=O) groups is 1. The second-order valence-electron chi connectivity index (χ2n) is 7.32. The highest BCUT2D eigenvalue weighted by Gasteiger charge is 2.11. The number of thioether (sulfide) groups is 1. The second kappa shape index (κ2) is 10.4. The van der Waals surface area contributed by atoms with E-state index in [9.17, 15) is 4.79 Å². The summed E-state index contributed by atoms with van der Waals surface area (Å²) in [7, 11) is 0. The highest BCUT2D eigenvalue weighted by molar-refractivity contribution is 7.99. The van der Waals surface area contributed by atoms with Crippen LogP contribution >= 0.6 is 35.0 Å². The number of aromatic nitrogens is 2. The molecular weight excluding hydrogens is 451 g/mol. The molecule has 0 spiro atoms. The van der Waals surface area contributed by atoms with Gasteiger partial charge >= 0.3 is 0 Å². The Morgan fingerprint density at radius 2 is 1.71 bits per heavy atom. The minimum absolute atomic E-state index is 0.150. The molecule has 0 bridgehead atoms. The topological polar surface area (TPSA) is 58.1 Å². The normalized spacial score (nSPS) is 13.8. The third-order valence-corrected chi connectivity index (χ3v) is 6.74. The van der Waals surface area contributed by atoms with Crippen LogP contribution in [0.1, 0.15) is 19.3 Å². The summed E-state index contributed by atoms with van der Waals surface area (Å²) in [5, 5.41) is 12.9. The van der Waals surface area contributed by atoms with Crippen LogP contribution < -0.4 is 10.2 Å². The average Bonchev–Trinajstić information content (AvgIpc) is 2.81. The van der Waals surface area contributed by atoms with Crippen molar-refractivity contribution in [3.05, 3.63) is 64.6 Å². The standard InChI is InChI=1S/C23H22Cl2N4OS/c24-19-9-6-17(14-20(19)25)26-22(30)15-31-23-11-10-21(27-28-23)16-4-7-18(8-5-16)29-12-2-1-3-13-29/h4-11,14H,1-3,12-13,15H2,(H,26,30). The molecule has 0 unspecified atom stereocenters. The molecule has 1 aliphatic heterocycles. The van der Waals surface area contributed by atoms with E-state index in [0.717, 1.165) is 24.3 Å². The van der Waals surface area contributed by atoms with Crippen LogP contribution in [0.2, 0.25) is 10.0 Å². The van der Waals surface area contributed by atoms with Crippen molar-refractivity contribution in [1.29, 1.82) is 0 Å². The van der Waals surface area contributed by atoms with Gasteiger partial charge in [-0.2, -0.15) is 0 Å². The molecule has 4 rings (SSSR count). The van der Waals surface area contributed by atoms with E-state index in [4.69, 9.17) is 23.2 Å². The van der Waals surface area contributed by atoms with Crippen molar-refractivity contribution in [3.63, 3.8) is 0 Å². The first-order valence-corrected chi connectivity index (χ1v) is 11.9. The summed E-state index contributed by atoms with van der Waals surface area (Å²) in [6.07, 6.45) is 3.85. The molecule has 1 aliphatic rings. The molecule has 0 saturated carbocycles. The van der Waals surface area contributed by atoms with Crippen molar-refractivity contribution >= 4 is 52.2 Å². The molecule has 1 amide bonds. The van der Waals surface area contributed by atoms with Gasteiger partial charge in [0.1, 0.15) is 5.03 Å². The third kappa shape index (κ3) is 5.91. The van der Waals surface area contributed by atoms with Crippen LogP contribution in [-0.2, 0) is 4.79 Å². The van der Waals surface area contributed by atoms with Crippen LogP contribution in [0.5, 0.6) is 0 Å². The molecule has 5 nitrogen and oxygen atoms in total. The molecule has 2 heterocycles. The summed E-state index contributed by atoms with van der Waals surface area (Å²) >= 11 is 13.2. The monoisotopic (exact) mass is 472 g/mol. The number of nitrogens with zero attached hydrogens (tertiary/aromatic N) is 3. The molecule has 0 radical (unpaired) electrons. The highest BCUT2D eigenvalue weighted by atomic mass is 35.5. The van der Waals surface area contributed by atoms with Crippen molar-refractivity contribution in [2.45, 2.75) is 24.3 Å². The van der Waals surface area contributed by atoms with Gasteiger partial charge in [-0.05, 0) is 61.7 Å². The van der Waals surface area contributed by atoms with E-state index >= 15 is 0 Å². The Balaban J connectivity index is 1.31. The van der Waals surface area contributed by atoms with Crippen LogP contribution in [0.4, 0.5) is 11.4 Å². The van der Waals surface area contributed by atoms with E-state index in [1.54, 1.807) is 18.2 Å². The molecule has 160 valence electrons. The predicted molar refractivity (Wildman–Crippen MR) is 129 cm³/mol. The average molecular weight is 473 g/mol. The number of hydrogen-bond acceptors (Lipinski definition) is 5. The van der Waals surface area contributed by atoms with Gasteiger partial charge in [0, 0.05) is 30.0 Å². The number of nitrogens with one attached hydrogen (secondary N) is 1. The maximum atomic E-state index is 12.2. The molecule has 1 aromatic heterocycles. The minimum atomic E-state index is -0.150. The van der Waals surface area contributed by atoms with Gasteiger partial charge in [0.2, 0.25) is 5.91 Å². The molecule has 31 heavy (non-hydrogen) atoms. The van der Waals surface area contributed by atoms with E-state index in [2.05, 4.69) is 44.7 Å². The number of hydrogen-bond donors (Lipinski definition) is 1. The zero-order chi connectivity index (χ0) is 21.6. The first-order chi connectivity index (χ1) is 15.1. The van der Waals surface area contributed by atoms with Crippen LogP contribution in [0.15, 0.2) is 59.6 Å². The van der Waals surface area contributed by atoms with E-state index in [1.807, 2.05) is 12.1 Å². The predicted octanol–water partition coefficient (Wildman–Crippen LogP) is 6.17. The molecule has 2 aromatic carbocycles. The lowest BCUT2D eigenvalue weighted by atomic mass is 10.1. The fraction of sp³-hybridized carbons (Fsp3) is 0.261. The van der Waals surface area contributed by atoms with Crippen LogP contribution in [0, 0.1) is 0 Å². The Labute approximate surface area is 196 Å². The summed E-state index contributed by atoms with van der Waals surface area (Å²) in [5.41, 5.74) is 3.71. The lowest BCUT2D eigenvalue weighted by Crippen LogP contribution is -2.29. The Hall–Kier alpha value is -2.28. The highest BCUT2D eigenvalue weighted by Crippen LogP contribution is 2.26. The Bertz CT molecular complexity index is 1040. The van der Waals surface area contributed by atoms with Gasteiger partial charge in [-0.1, -0.05) is 47.1 Å². The van der Waals surface area contributed by atoms with Crippen LogP contribution in [0.25, 0.3) is 11.3 Å². The summed E-state index contributed by atoms with van der Waals surface area (Å²) < 4.78 is 0. The minimum Gasteiger partial charge on any atom is -0.372 e. The first-order valence-electron chi connectivity index (χ1n) is 10.2. The zero-order valence-corrected chi connectivity index (χ0v) is 19.2. The third-order valence-electron chi connectivity index (χ3n) is 5.08. The summed E-state index contributed by atoms with van der Waals surface area (Å²) in [6.45, 7) is 2.26. The van der Waals surface area contributed by atoms with Gasteiger partial charge in [-0.25, -0.2) is 0 Å². The van der Waals surface area contributed by atoms with Crippen molar-refractivity contribution in [2.24, 2.45) is 0 Å². The maximum absolute atomic E-state index is 12.2. The van der Waals surface area contributed by atoms with Crippen molar-refractivity contribution in [1.82, 2.24) is 10.2 Å². The van der Waals surface area contributed by atoms with Crippen molar-refractivity contribution < 1.29 is 4.79 Å². The smallest absolute Gasteiger partial charge is 0.234 e. The van der Waals surface area contributed by atoms with E-state index in [0.29, 0.717) is 20.8 Å². The van der Waals surface area contributed by atoms with E-state index in [1.165, 1.54) is 36.7 Å². The van der Waals surface area contributed by atoms with Gasteiger partial charge in [0.05, 0.1) is 21.5 Å². The number of anilines is 2. The summed E-state index contributed by atoms with van der Waals surface area (Å²) in [4.78, 5) is 14.6. The lowest BCUT2D eigenvalue weighted by molar-refractivity contribution is -0.113. The fourth-order valence-corrected chi connectivity index (χ4v) is 4.37. The summed E-state index contributed by atoms with van der Waals surface area (Å²) in [5.74, 6) is 0.0706.